The Kier molecular flexibility index (Phi) is 13.9. The molecule has 0 unspecified atom stereocenters. The summed E-state index contributed by atoms with van der Waals surface area (Å²) in [5, 5.41) is 0. The average molecular weight is 382 g/mol. The van der Waals surface area contributed by atoms with E-state index in [-0.39, 0.29) is 6.61 Å². The summed E-state index contributed by atoms with van der Waals surface area (Å²) in [5.41, 5.74) is 0.379. The summed E-state index contributed by atoms with van der Waals surface area (Å²) < 4.78 is 31.8. The molecule has 0 amide bonds. The molecule has 7 nitrogen and oxygen atoms in total. The zero-order valence-electron chi connectivity index (χ0n) is 16.0. The van der Waals surface area contributed by atoms with Gasteiger partial charge in [0.25, 0.3) is 0 Å². The molecule has 1 aromatic rings. The van der Waals surface area contributed by atoms with Crippen molar-refractivity contribution in [1.82, 2.24) is 0 Å². The highest BCUT2D eigenvalue weighted by Crippen LogP contribution is 2.07. The van der Waals surface area contributed by atoms with Crippen LogP contribution in [0.4, 0.5) is 0 Å². The second-order valence-corrected chi connectivity index (χ2v) is 5.53. The maximum Gasteiger partial charge on any atom is 0.333 e. The lowest BCUT2D eigenvalue weighted by Gasteiger charge is -2.08. The van der Waals surface area contributed by atoms with E-state index in [1.165, 1.54) is 0 Å². The third-order valence-electron chi connectivity index (χ3n) is 3.16. The van der Waals surface area contributed by atoms with E-state index >= 15 is 0 Å². The Morgan fingerprint density at radius 1 is 0.741 bits per heavy atom. The number of hydrogen-bond donors (Lipinski definition) is 0. The molecule has 0 fully saturated rings. The van der Waals surface area contributed by atoms with E-state index in [0.29, 0.717) is 65.0 Å². The molecule has 0 aliphatic heterocycles. The van der Waals surface area contributed by atoms with Crippen molar-refractivity contribution in [3.63, 3.8) is 0 Å². The first-order valence-electron chi connectivity index (χ1n) is 9.01. The summed E-state index contributed by atoms with van der Waals surface area (Å²) in [5.74, 6) is 0.436. The van der Waals surface area contributed by atoms with Gasteiger partial charge in [0, 0.05) is 5.57 Å². The average Bonchev–Trinajstić information content (AvgIpc) is 2.68. The van der Waals surface area contributed by atoms with Crippen LogP contribution >= 0.6 is 0 Å². The lowest BCUT2D eigenvalue weighted by Crippen LogP contribution is -2.15. The van der Waals surface area contributed by atoms with Gasteiger partial charge in [-0.1, -0.05) is 24.8 Å². The number of carbonyl (C=O) groups excluding carboxylic acids is 1. The van der Waals surface area contributed by atoms with Gasteiger partial charge < -0.3 is 28.4 Å². The normalized spacial score (nSPS) is 10.6. The van der Waals surface area contributed by atoms with Gasteiger partial charge in [-0.05, 0) is 19.1 Å². The highest BCUT2D eigenvalue weighted by Gasteiger charge is 2.01. The molecule has 0 N–H and O–H groups in total. The fourth-order valence-electron chi connectivity index (χ4n) is 1.81. The zero-order chi connectivity index (χ0) is 19.6. The Hall–Kier alpha value is -1.93. The zero-order valence-corrected chi connectivity index (χ0v) is 16.0. The van der Waals surface area contributed by atoms with Crippen LogP contribution in [0.25, 0.3) is 0 Å². The molecule has 0 aliphatic rings. The first-order valence-corrected chi connectivity index (χ1v) is 9.01. The molecular weight excluding hydrogens is 352 g/mol. The molecule has 0 saturated heterocycles. The Balaban J connectivity index is 1.73. The Labute approximate surface area is 161 Å². The number of ether oxygens (including phenoxy) is 6. The number of esters is 1. The number of para-hydroxylation sites is 1. The summed E-state index contributed by atoms with van der Waals surface area (Å²) in [6.07, 6.45) is 0. The molecule has 0 atom stereocenters. The monoisotopic (exact) mass is 382 g/mol. The van der Waals surface area contributed by atoms with Crippen molar-refractivity contribution in [2.45, 2.75) is 6.92 Å². The van der Waals surface area contributed by atoms with Crippen LogP contribution in [0.1, 0.15) is 6.92 Å². The SMILES string of the molecule is C=C(C)C(=O)OCCOCCOCCOCCOCCOc1ccccc1. The smallest absolute Gasteiger partial charge is 0.333 e. The third kappa shape index (κ3) is 13.9. The largest absolute Gasteiger partial charge is 0.491 e. The maximum absolute atomic E-state index is 11.1. The summed E-state index contributed by atoms with van der Waals surface area (Å²) in [4.78, 5) is 11.1. The molecular formula is C20H30O7. The molecule has 0 spiro atoms. The molecule has 0 radical (unpaired) electrons. The van der Waals surface area contributed by atoms with Crippen molar-refractivity contribution in [2.75, 3.05) is 66.1 Å². The Morgan fingerprint density at radius 2 is 1.19 bits per heavy atom. The van der Waals surface area contributed by atoms with Crippen LogP contribution in [0.5, 0.6) is 5.75 Å². The quantitative estimate of drug-likeness (QED) is 0.232. The van der Waals surface area contributed by atoms with Gasteiger partial charge in [0.15, 0.2) is 0 Å². The van der Waals surface area contributed by atoms with Crippen molar-refractivity contribution in [3.8, 4) is 5.75 Å². The van der Waals surface area contributed by atoms with E-state index < -0.39 is 5.97 Å². The minimum Gasteiger partial charge on any atom is -0.491 e. The van der Waals surface area contributed by atoms with Crippen molar-refractivity contribution in [1.29, 1.82) is 0 Å². The van der Waals surface area contributed by atoms with Gasteiger partial charge in [-0.25, -0.2) is 4.79 Å². The van der Waals surface area contributed by atoms with E-state index in [0.717, 1.165) is 5.75 Å². The molecule has 7 heteroatoms. The second-order valence-electron chi connectivity index (χ2n) is 5.53. The van der Waals surface area contributed by atoms with Gasteiger partial charge in [0.1, 0.15) is 19.0 Å². The lowest BCUT2D eigenvalue weighted by molar-refractivity contribution is -0.140. The topological polar surface area (TPSA) is 72.5 Å². The van der Waals surface area contributed by atoms with E-state index in [2.05, 4.69) is 6.58 Å². The molecule has 0 heterocycles. The standard InChI is InChI=1S/C20H30O7/c1-18(2)20(21)27-17-15-25-13-11-23-9-8-22-10-12-24-14-16-26-19-6-4-3-5-7-19/h3-7H,1,8-17H2,2H3. The van der Waals surface area contributed by atoms with Crippen molar-refractivity contribution < 1.29 is 33.2 Å². The molecule has 1 aromatic carbocycles. The maximum atomic E-state index is 11.1. The number of rotatable bonds is 17. The van der Waals surface area contributed by atoms with E-state index in [4.69, 9.17) is 28.4 Å². The highest BCUT2D eigenvalue weighted by molar-refractivity contribution is 5.86. The van der Waals surface area contributed by atoms with Gasteiger partial charge in [0.2, 0.25) is 0 Å². The second kappa shape index (κ2) is 16.3. The molecule has 27 heavy (non-hydrogen) atoms. The van der Waals surface area contributed by atoms with Gasteiger partial charge in [-0.3, -0.25) is 0 Å². The molecule has 0 aliphatic carbocycles. The highest BCUT2D eigenvalue weighted by atomic mass is 16.6. The predicted octanol–water partition coefficient (Wildman–Crippen LogP) is 2.25. The minimum atomic E-state index is -0.403. The van der Waals surface area contributed by atoms with Crippen molar-refractivity contribution in [2.24, 2.45) is 0 Å². The van der Waals surface area contributed by atoms with E-state index in [1.54, 1.807) is 6.92 Å². The Bertz CT molecular complexity index is 504. The van der Waals surface area contributed by atoms with Gasteiger partial charge in [-0.2, -0.15) is 0 Å². The fourth-order valence-corrected chi connectivity index (χ4v) is 1.81. The van der Waals surface area contributed by atoms with Gasteiger partial charge in [-0.15, -0.1) is 0 Å². The van der Waals surface area contributed by atoms with Crippen LogP contribution in [-0.2, 0) is 28.5 Å². The summed E-state index contributed by atoms with van der Waals surface area (Å²) >= 11 is 0. The fraction of sp³-hybridized carbons (Fsp3) is 0.550. The van der Waals surface area contributed by atoms with Crippen LogP contribution < -0.4 is 4.74 Å². The van der Waals surface area contributed by atoms with Crippen LogP contribution in [0, 0.1) is 0 Å². The third-order valence-corrected chi connectivity index (χ3v) is 3.16. The molecule has 152 valence electrons. The first-order chi connectivity index (χ1) is 13.2. The van der Waals surface area contributed by atoms with Crippen LogP contribution in [0.15, 0.2) is 42.5 Å². The van der Waals surface area contributed by atoms with Crippen LogP contribution in [0.3, 0.4) is 0 Å². The number of benzene rings is 1. The lowest BCUT2D eigenvalue weighted by atomic mass is 10.3. The van der Waals surface area contributed by atoms with Crippen LogP contribution in [0.2, 0.25) is 0 Å². The van der Waals surface area contributed by atoms with Gasteiger partial charge >= 0.3 is 5.97 Å². The van der Waals surface area contributed by atoms with Crippen LogP contribution in [-0.4, -0.2) is 72.0 Å². The Morgan fingerprint density at radius 3 is 1.67 bits per heavy atom. The van der Waals surface area contributed by atoms with Gasteiger partial charge in [0.05, 0.1) is 52.9 Å². The van der Waals surface area contributed by atoms with Crippen molar-refractivity contribution in [3.05, 3.63) is 42.5 Å². The summed E-state index contributed by atoms with van der Waals surface area (Å²) in [6, 6.07) is 9.63. The molecule has 0 bridgehead atoms. The van der Waals surface area contributed by atoms with E-state index in [9.17, 15) is 4.79 Å². The molecule has 0 aromatic heterocycles. The predicted molar refractivity (Wildman–Crippen MR) is 101 cm³/mol. The molecule has 1 rings (SSSR count). The number of carbonyl (C=O) groups is 1. The van der Waals surface area contributed by atoms with E-state index in [1.807, 2.05) is 30.3 Å². The molecule has 0 saturated carbocycles. The minimum absolute atomic E-state index is 0.213. The number of hydrogen-bond acceptors (Lipinski definition) is 7. The van der Waals surface area contributed by atoms with Crippen molar-refractivity contribution >= 4 is 5.97 Å². The summed E-state index contributed by atoms with van der Waals surface area (Å²) in [6.45, 7) is 9.61. The summed E-state index contributed by atoms with van der Waals surface area (Å²) in [7, 11) is 0. The first kappa shape index (κ1) is 23.1.